The van der Waals surface area contributed by atoms with Gasteiger partial charge in [0.25, 0.3) is 5.56 Å². The molecule has 1 aliphatic heterocycles. The van der Waals surface area contributed by atoms with Crippen LogP contribution >= 0.6 is 11.3 Å². The Kier molecular flexibility index (Phi) is 3.11. The van der Waals surface area contributed by atoms with E-state index >= 15 is 0 Å². The van der Waals surface area contributed by atoms with Crippen LogP contribution in [0.3, 0.4) is 0 Å². The molecule has 2 aromatic heterocycles. The summed E-state index contributed by atoms with van der Waals surface area (Å²) in [5, 5.41) is 2.82. The van der Waals surface area contributed by atoms with Gasteiger partial charge >= 0.3 is 0 Å². The van der Waals surface area contributed by atoms with Gasteiger partial charge in [-0.25, -0.2) is 4.39 Å². The minimum atomic E-state index is -0.267. The number of rotatable bonds is 1. The van der Waals surface area contributed by atoms with Crippen molar-refractivity contribution in [3.8, 4) is 22.6 Å². The van der Waals surface area contributed by atoms with E-state index in [-0.39, 0.29) is 18.2 Å². The largest absolute Gasteiger partial charge is 0.454 e. The smallest absolute Gasteiger partial charge is 0.266 e. The van der Waals surface area contributed by atoms with Gasteiger partial charge in [0.2, 0.25) is 6.79 Å². The van der Waals surface area contributed by atoms with Crippen LogP contribution in [0.15, 0.2) is 59.4 Å². The molecule has 0 atom stereocenters. The summed E-state index contributed by atoms with van der Waals surface area (Å²) < 4.78 is 25.9. The number of aromatic nitrogens is 1. The van der Waals surface area contributed by atoms with Crippen LogP contribution in [0.25, 0.3) is 42.2 Å². The molecule has 3 aromatic carbocycles. The number of fused-ring (bicyclic) bond motifs is 6. The predicted octanol–water partition coefficient (Wildman–Crippen LogP) is 5.43. The summed E-state index contributed by atoms with van der Waals surface area (Å²) in [5.74, 6) is 1.12. The van der Waals surface area contributed by atoms with Crippen LogP contribution in [0.5, 0.6) is 11.5 Å². The predicted molar refractivity (Wildman–Crippen MR) is 109 cm³/mol. The molecular formula is C22H12FNO3S. The van der Waals surface area contributed by atoms with Crippen molar-refractivity contribution in [3.05, 3.63) is 70.8 Å². The van der Waals surface area contributed by atoms with Crippen LogP contribution < -0.4 is 15.0 Å². The van der Waals surface area contributed by atoms with Crippen LogP contribution in [0, 0.1) is 5.82 Å². The van der Waals surface area contributed by atoms with Crippen LogP contribution in [0.1, 0.15) is 0 Å². The van der Waals surface area contributed by atoms with Gasteiger partial charge in [0.05, 0.1) is 0 Å². The van der Waals surface area contributed by atoms with E-state index in [0.717, 1.165) is 37.5 Å². The van der Waals surface area contributed by atoms with Crippen LogP contribution in [0.4, 0.5) is 4.39 Å². The van der Waals surface area contributed by atoms with Crippen molar-refractivity contribution < 1.29 is 13.9 Å². The zero-order chi connectivity index (χ0) is 18.8. The summed E-state index contributed by atoms with van der Waals surface area (Å²) in [7, 11) is 0. The minimum Gasteiger partial charge on any atom is -0.454 e. The van der Waals surface area contributed by atoms with E-state index in [1.807, 2.05) is 30.3 Å². The lowest BCUT2D eigenvalue weighted by Gasteiger charge is -2.06. The molecule has 1 aliphatic rings. The highest BCUT2D eigenvalue weighted by molar-refractivity contribution is 7.26. The molecule has 1 N–H and O–H groups in total. The van der Waals surface area contributed by atoms with Gasteiger partial charge in [0.15, 0.2) is 11.5 Å². The first kappa shape index (κ1) is 15.7. The lowest BCUT2D eigenvalue weighted by atomic mass is 10.0. The quantitative estimate of drug-likeness (QED) is 0.416. The lowest BCUT2D eigenvalue weighted by molar-refractivity contribution is 0.174. The second-order valence-electron chi connectivity index (χ2n) is 6.73. The molecule has 0 bridgehead atoms. The second kappa shape index (κ2) is 5.56. The highest BCUT2D eigenvalue weighted by atomic mass is 32.1. The number of aromatic amines is 1. The molecule has 0 radical (unpaired) electrons. The van der Waals surface area contributed by atoms with Gasteiger partial charge in [0.1, 0.15) is 10.5 Å². The topological polar surface area (TPSA) is 51.3 Å². The second-order valence-corrected chi connectivity index (χ2v) is 7.78. The first-order valence-electron chi connectivity index (χ1n) is 8.75. The monoisotopic (exact) mass is 389 g/mol. The Hall–Kier alpha value is -3.38. The molecule has 0 saturated carbocycles. The van der Waals surface area contributed by atoms with E-state index in [4.69, 9.17) is 9.47 Å². The molecule has 0 aliphatic carbocycles. The Morgan fingerprint density at radius 1 is 0.893 bits per heavy atom. The molecule has 6 heteroatoms. The Morgan fingerprint density at radius 2 is 1.64 bits per heavy atom. The fraction of sp³-hybridized carbons (Fsp3) is 0.0455. The normalized spacial score (nSPS) is 13.0. The first-order valence-corrected chi connectivity index (χ1v) is 9.57. The van der Waals surface area contributed by atoms with Gasteiger partial charge in [-0.1, -0.05) is 18.2 Å². The van der Waals surface area contributed by atoms with Crippen LogP contribution in [-0.2, 0) is 0 Å². The van der Waals surface area contributed by atoms with Crippen molar-refractivity contribution in [1.29, 1.82) is 0 Å². The molecule has 0 amide bonds. The molecule has 5 aromatic rings. The third-order valence-electron chi connectivity index (χ3n) is 5.10. The number of hydrogen-bond acceptors (Lipinski definition) is 4. The molecule has 28 heavy (non-hydrogen) atoms. The Labute approximate surface area is 161 Å². The number of hydrogen-bond donors (Lipinski definition) is 1. The fourth-order valence-electron chi connectivity index (χ4n) is 3.77. The molecule has 0 saturated heterocycles. The average Bonchev–Trinajstić information content (AvgIpc) is 3.31. The number of thiophene rings is 1. The zero-order valence-electron chi connectivity index (χ0n) is 14.4. The summed E-state index contributed by atoms with van der Waals surface area (Å²) in [6.07, 6.45) is 0. The van der Waals surface area contributed by atoms with Gasteiger partial charge < -0.3 is 14.5 Å². The van der Waals surface area contributed by atoms with E-state index in [1.165, 1.54) is 23.5 Å². The van der Waals surface area contributed by atoms with Gasteiger partial charge in [-0.05, 0) is 41.5 Å². The highest BCUT2D eigenvalue weighted by Gasteiger charge is 2.19. The third kappa shape index (κ3) is 2.18. The molecule has 0 spiro atoms. The van der Waals surface area contributed by atoms with Gasteiger partial charge in [-0.15, -0.1) is 11.3 Å². The van der Waals surface area contributed by atoms with Crippen molar-refractivity contribution in [2.75, 3.05) is 6.79 Å². The van der Waals surface area contributed by atoms with E-state index in [9.17, 15) is 9.18 Å². The average molecular weight is 389 g/mol. The summed E-state index contributed by atoms with van der Waals surface area (Å²) in [6, 6.07) is 16.1. The Morgan fingerprint density at radius 3 is 2.46 bits per heavy atom. The van der Waals surface area contributed by atoms with Crippen molar-refractivity contribution in [3.63, 3.8) is 0 Å². The van der Waals surface area contributed by atoms with Crippen molar-refractivity contribution in [2.24, 2.45) is 0 Å². The Bertz CT molecular complexity index is 1470. The van der Waals surface area contributed by atoms with Crippen molar-refractivity contribution in [1.82, 2.24) is 4.98 Å². The van der Waals surface area contributed by atoms with Crippen molar-refractivity contribution >= 4 is 42.4 Å². The third-order valence-corrected chi connectivity index (χ3v) is 6.26. The maximum absolute atomic E-state index is 13.3. The molecule has 0 unspecified atom stereocenters. The fourth-order valence-corrected chi connectivity index (χ4v) is 4.90. The standard InChI is InChI=1S/C22H12FNO3S/c23-13-4-1-11(2-5-13)12-3-6-16-14(7-12)20-15-8-17-18(27-10-26-17)9-19(15)28-21(20)22(25)24-16/h1-9H,10H2,(H,24,25). The number of halogens is 1. The summed E-state index contributed by atoms with van der Waals surface area (Å²) in [6.45, 7) is 0.209. The summed E-state index contributed by atoms with van der Waals surface area (Å²) in [5.41, 5.74) is 2.53. The minimum absolute atomic E-state index is 0.111. The van der Waals surface area contributed by atoms with Gasteiger partial charge in [0, 0.05) is 32.4 Å². The maximum Gasteiger partial charge on any atom is 0.266 e. The molecule has 3 heterocycles. The summed E-state index contributed by atoms with van der Waals surface area (Å²) >= 11 is 1.44. The first-order chi connectivity index (χ1) is 13.7. The van der Waals surface area contributed by atoms with E-state index < -0.39 is 0 Å². The van der Waals surface area contributed by atoms with E-state index in [1.54, 1.807) is 12.1 Å². The van der Waals surface area contributed by atoms with Gasteiger partial charge in [-0.2, -0.15) is 0 Å². The van der Waals surface area contributed by atoms with Crippen LogP contribution in [-0.4, -0.2) is 11.8 Å². The SMILES string of the molecule is O=c1[nH]c2ccc(-c3ccc(F)cc3)cc2c2c1sc1cc3c(cc12)OCO3. The maximum atomic E-state index is 13.3. The number of ether oxygens (including phenoxy) is 2. The number of H-pyrrole nitrogens is 1. The molecule has 6 rings (SSSR count). The zero-order valence-corrected chi connectivity index (χ0v) is 15.2. The Balaban J connectivity index is 1.72. The highest BCUT2D eigenvalue weighted by Crippen LogP contribution is 2.43. The molecule has 0 fully saturated rings. The molecule has 4 nitrogen and oxygen atoms in total. The summed E-state index contributed by atoms with van der Waals surface area (Å²) in [4.78, 5) is 15.6. The lowest BCUT2D eigenvalue weighted by Crippen LogP contribution is -2.04. The number of nitrogens with one attached hydrogen (secondary N) is 1. The van der Waals surface area contributed by atoms with Gasteiger partial charge in [-0.3, -0.25) is 4.79 Å². The van der Waals surface area contributed by atoms with E-state index in [2.05, 4.69) is 4.98 Å². The molecular weight excluding hydrogens is 377 g/mol. The number of benzene rings is 3. The van der Waals surface area contributed by atoms with Crippen molar-refractivity contribution in [2.45, 2.75) is 0 Å². The number of pyridine rings is 1. The van der Waals surface area contributed by atoms with E-state index in [0.29, 0.717) is 16.2 Å². The van der Waals surface area contributed by atoms with Crippen LogP contribution in [0.2, 0.25) is 0 Å². The molecule has 136 valence electrons.